The molecule has 2 aromatic rings. The zero-order chi connectivity index (χ0) is 22.3. The van der Waals surface area contributed by atoms with E-state index in [2.05, 4.69) is 0 Å². The monoisotopic (exact) mass is 417 g/mol. The second kappa shape index (κ2) is 10.2. The fraction of sp³-hybridized carbons (Fsp3) is 0.333. The van der Waals surface area contributed by atoms with E-state index in [0.29, 0.717) is 29.2 Å². The van der Waals surface area contributed by atoms with Gasteiger partial charge in [0.1, 0.15) is 0 Å². The average Bonchev–Trinajstić information content (AvgIpc) is 2.75. The summed E-state index contributed by atoms with van der Waals surface area (Å²) in [5.74, 6) is 0.301. The van der Waals surface area contributed by atoms with Crippen LogP contribution in [0, 0.1) is 17.0 Å². The Hall–Kier alpha value is -3.62. The maximum absolute atomic E-state index is 12.2. The molecule has 2 rings (SSSR count). The number of rotatable bonds is 10. The van der Waals surface area contributed by atoms with Crippen molar-refractivity contribution in [1.82, 2.24) is 0 Å². The molecule has 0 aliphatic carbocycles. The second-order valence-corrected chi connectivity index (χ2v) is 6.38. The van der Waals surface area contributed by atoms with Crippen LogP contribution in [-0.2, 0) is 16.0 Å². The number of Topliss-reactive ketones (excluding diaryl/α,β-unsaturated/α-hetero) is 1. The van der Waals surface area contributed by atoms with Crippen LogP contribution in [0.3, 0.4) is 0 Å². The Morgan fingerprint density at radius 2 is 1.63 bits per heavy atom. The van der Waals surface area contributed by atoms with Crippen molar-refractivity contribution in [3.8, 4) is 17.2 Å². The fourth-order valence-corrected chi connectivity index (χ4v) is 2.81. The number of benzene rings is 2. The van der Waals surface area contributed by atoms with Crippen LogP contribution >= 0.6 is 0 Å². The molecule has 0 unspecified atom stereocenters. The van der Waals surface area contributed by atoms with Crippen molar-refractivity contribution in [2.24, 2.45) is 0 Å². The molecule has 2 aromatic carbocycles. The van der Waals surface area contributed by atoms with Gasteiger partial charge in [0.2, 0.25) is 11.5 Å². The van der Waals surface area contributed by atoms with Crippen molar-refractivity contribution in [3.05, 3.63) is 57.1 Å². The van der Waals surface area contributed by atoms with Crippen molar-refractivity contribution in [2.75, 3.05) is 27.9 Å². The molecule has 0 aliphatic heterocycles. The number of nitro benzene ring substituents is 1. The number of nitrogens with zero attached hydrogens (tertiary/aromatic N) is 1. The number of aryl methyl sites for hydroxylation is 2. The van der Waals surface area contributed by atoms with Gasteiger partial charge in [0.25, 0.3) is 5.69 Å². The van der Waals surface area contributed by atoms with Gasteiger partial charge in [-0.15, -0.1) is 0 Å². The number of ketones is 1. The molecular weight excluding hydrogens is 394 g/mol. The highest BCUT2D eigenvalue weighted by Crippen LogP contribution is 2.38. The molecule has 0 amide bonds. The highest BCUT2D eigenvalue weighted by molar-refractivity contribution is 5.98. The molecule has 9 nitrogen and oxygen atoms in total. The lowest BCUT2D eigenvalue weighted by molar-refractivity contribution is -0.385. The first-order valence-electron chi connectivity index (χ1n) is 9.03. The molecule has 0 radical (unpaired) electrons. The van der Waals surface area contributed by atoms with Gasteiger partial charge in [0.15, 0.2) is 18.1 Å². The van der Waals surface area contributed by atoms with Gasteiger partial charge in [-0.3, -0.25) is 19.7 Å². The number of esters is 1. The summed E-state index contributed by atoms with van der Waals surface area (Å²) < 4.78 is 20.8. The molecule has 0 N–H and O–H groups in total. The molecule has 30 heavy (non-hydrogen) atoms. The lowest BCUT2D eigenvalue weighted by Gasteiger charge is -2.14. The van der Waals surface area contributed by atoms with Gasteiger partial charge in [-0.2, -0.15) is 0 Å². The van der Waals surface area contributed by atoms with Crippen molar-refractivity contribution >= 4 is 17.4 Å². The van der Waals surface area contributed by atoms with Gasteiger partial charge in [-0.25, -0.2) is 0 Å². The quantitative estimate of drug-likeness (QED) is 0.250. The average molecular weight is 417 g/mol. The molecule has 0 spiro atoms. The van der Waals surface area contributed by atoms with Gasteiger partial charge in [-0.05, 0) is 31.0 Å². The van der Waals surface area contributed by atoms with Crippen LogP contribution in [0.15, 0.2) is 30.3 Å². The Bertz CT molecular complexity index is 929. The molecule has 0 heterocycles. The fourth-order valence-electron chi connectivity index (χ4n) is 2.81. The number of nitro groups is 1. The van der Waals surface area contributed by atoms with Crippen molar-refractivity contribution in [3.63, 3.8) is 0 Å². The third-order valence-corrected chi connectivity index (χ3v) is 4.43. The van der Waals surface area contributed by atoms with Gasteiger partial charge < -0.3 is 18.9 Å². The van der Waals surface area contributed by atoms with Crippen LogP contribution in [0.2, 0.25) is 0 Å². The minimum Gasteiger partial charge on any atom is -0.493 e. The summed E-state index contributed by atoms with van der Waals surface area (Å²) in [4.78, 5) is 34.7. The van der Waals surface area contributed by atoms with Gasteiger partial charge in [-0.1, -0.05) is 12.1 Å². The molecule has 0 atom stereocenters. The standard InChI is InChI=1S/C21H23NO8/c1-13-5-7-15(11-16(13)22(25)26)17(23)12-30-20(24)8-6-14-9-18(27-2)21(29-4)19(10-14)28-3/h5,7,9-11H,6,8,12H2,1-4H3. The number of methoxy groups -OCH3 is 3. The zero-order valence-electron chi connectivity index (χ0n) is 17.2. The molecule has 0 aliphatic rings. The lowest BCUT2D eigenvalue weighted by Crippen LogP contribution is -2.15. The van der Waals surface area contributed by atoms with Crippen LogP contribution in [-0.4, -0.2) is 44.6 Å². The highest BCUT2D eigenvalue weighted by atomic mass is 16.6. The minimum absolute atomic E-state index is 0.0277. The third-order valence-electron chi connectivity index (χ3n) is 4.43. The summed E-state index contributed by atoms with van der Waals surface area (Å²) in [6, 6.07) is 7.59. The Morgan fingerprint density at radius 3 is 2.17 bits per heavy atom. The summed E-state index contributed by atoms with van der Waals surface area (Å²) in [5.41, 5.74) is 1.17. The molecule has 0 saturated carbocycles. The van der Waals surface area contributed by atoms with E-state index in [1.807, 2.05) is 0 Å². The molecule has 160 valence electrons. The van der Waals surface area contributed by atoms with E-state index in [1.165, 1.54) is 39.5 Å². The SMILES string of the molecule is COc1cc(CCC(=O)OCC(=O)c2ccc(C)c([N+](=O)[O-])c2)cc(OC)c1OC. The van der Waals surface area contributed by atoms with E-state index < -0.39 is 23.3 Å². The molecule has 9 heteroatoms. The summed E-state index contributed by atoms with van der Waals surface area (Å²) >= 11 is 0. The molecule has 0 bridgehead atoms. The molecule has 0 fully saturated rings. The Kier molecular flexibility index (Phi) is 7.74. The van der Waals surface area contributed by atoms with Crippen molar-refractivity contribution in [1.29, 1.82) is 0 Å². The third kappa shape index (κ3) is 5.47. The van der Waals surface area contributed by atoms with E-state index in [9.17, 15) is 19.7 Å². The van der Waals surface area contributed by atoms with Crippen LogP contribution in [0.4, 0.5) is 5.69 Å². The smallest absolute Gasteiger partial charge is 0.306 e. The minimum atomic E-state index is -0.571. The van der Waals surface area contributed by atoms with E-state index in [1.54, 1.807) is 19.1 Å². The zero-order valence-corrected chi connectivity index (χ0v) is 17.2. The Morgan fingerprint density at radius 1 is 1.00 bits per heavy atom. The van der Waals surface area contributed by atoms with Crippen LogP contribution in [0.25, 0.3) is 0 Å². The lowest BCUT2D eigenvalue weighted by atomic mass is 10.1. The van der Waals surface area contributed by atoms with E-state index >= 15 is 0 Å². The maximum atomic E-state index is 12.2. The summed E-state index contributed by atoms with van der Waals surface area (Å²) in [6.45, 7) is 1.09. The second-order valence-electron chi connectivity index (χ2n) is 6.38. The van der Waals surface area contributed by atoms with E-state index in [-0.39, 0.29) is 17.7 Å². The highest BCUT2D eigenvalue weighted by Gasteiger charge is 2.17. The predicted molar refractivity (Wildman–Crippen MR) is 108 cm³/mol. The van der Waals surface area contributed by atoms with E-state index in [0.717, 1.165) is 5.56 Å². The van der Waals surface area contributed by atoms with Gasteiger partial charge in [0, 0.05) is 23.6 Å². The summed E-state index contributed by atoms with van der Waals surface area (Å²) in [7, 11) is 4.49. The molecular formula is C21H23NO8. The topological polar surface area (TPSA) is 114 Å². The number of hydrogen-bond acceptors (Lipinski definition) is 8. The summed E-state index contributed by atoms with van der Waals surface area (Å²) in [5, 5.41) is 11.0. The first-order valence-corrected chi connectivity index (χ1v) is 9.03. The number of hydrogen-bond donors (Lipinski definition) is 0. The Balaban J connectivity index is 1.96. The number of ether oxygens (including phenoxy) is 4. The van der Waals surface area contributed by atoms with Crippen molar-refractivity contribution in [2.45, 2.75) is 19.8 Å². The largest absolute Gasteiger partial charge is 0.493 e. The van der Waals surface area contributed by atoms with Crippen molar-refractivity contribution < 1.29 is 33.5 Å². The number of carbonyl (C=O) groups is 2. The Labute approximate surface area is 173 Å². The predicted octanol–water partition coefficient (Wildman–Crippen LogP) is 3.29. The summed E-state index contributed by atoms with van der Waals surface area (Å²) in [6.07, 6.45) is 0.361. The molecule has 0 saturated heterocycles. The number of carbonyl (C=O) groups excluding carboxylic acids is 2. The van der Waals surface area contributed by atoms with E-state index in [4.69, 9.17) is 18.9 Å². The maximum Gasteiger partial charge on any atom is 0.306 e. The van der Waals surface area contributed by atoms with Gasteiger partial charge >= 0.3 is 5.97 Å². The molecule has 0 aromatic heterocycles. The first kappa shape index (κ1) is 22.7. The first-order chi connectivity index (χ1) is 14.3. The van der Waals surface area contributed by atoms with Crippen LogP contribution < -0.4 is 14.2 Å². The van der Waals surface area contributed by atoms with Gasteiger partial charge in [0.05, 0.1) is 26.3 Å². The normalized spacial score (nSPS) is 10.3. The van der Waals surface area contributed by atoms with Crippen LogP contribution in [0.5, 0.6) is 17.2 Å². The van der Waals surface area contributed by atoms with Crippen LogP contribution in [0.1, 0.15) is 27.9 Å².